The van der Waals surface area contributed by atoms with Gasteiger partial charge in [-0.3, -0.25) is 24.5 Å². The van der Waals surface area contributed by atoms with Crippen LogP contribution in [0.2, 0.25) is 5.02 Å². The first-order chi connectivity index (χ1) is 20.4. The molecular weight excluding hydrogens is 572 g/mol. The maximum Gasteiger partial charge on any atom is 0.411 e. The van der Waals surface area contributed by atoms with E-state index in [-0.39, 0.29) is 31.4 Å². The van der Waals surface area contributed by atoms with Gasteiger partial charge < -0.3 is 15.0 Å². The number of nitrogens with zero attached hydrogens (tertiary/aromatic N) is 2. The number of anilines is 1. The van der Waals surface area contributed by atoms with Gasteiger partial charge in [0.15, 0.2) is 0 Å². The molecule has 11 heteroatoms. The van der Waals surface area contributed by atoms with Crippen LogP contribution in [0, 0.1) is 5.41 Å². The Morgan fingerprint density at radius 3 is 2.35 bits per heavy atom. The topological polar surface area (TPSA) is 117 Å². The van der Waals surface area contributed by atoms with Gasteiger partial charge in [-0.1, -0.05) is 48.9 Å². The zero-order valence-corrected chi connectivity index (χ0v) is 26.2. The van der Waals surface area contributed by atoms with Crippen LogP contribution in [0.4, 0.5) is 10.5 Å². The molecule has 4 amide bonds. The standard InChI is InChI=1S/C32H43ClN4O6/c1-5-24-12-14-26(15-13-24)35-30(41)42-22-32(29(40)34-21-25-9-6-7-10-27(25)33)16-19-36(20-17-32)28(39)11-8-18-37(23-38)43-31(2,3)4/h6-7,9-10,12-15,23H,5,8,11,16-22H2,1-4H3,(H,34,40)(H,35,41). The van der Waals surface area contributed by atoms with Crippen molar-refractivity contribution < 1.29 is 28.8 Å². The molecule has 0 aliphatic carbocycles. The van der Waals surface area contributed by atoms with Crippen molar-refractivity contribution in [1.82, 2.24) is 15.3 Å². The highest BCUT2D eigenvalue weighted by Crippen LogP contribution is 2.33. The van der Waals surface area contributed by atoms with Crippen molar-refractivity contribution in [2.45, 2.75) is 71.9 Å². The molecule has 3 rings (SSSR count). The molecule has 2 aromatic carbocycles. The third-order valence-electron chi connectivity index (χ3n) is 7.32. The molecule has 0 unspecified atom stereocenters. The van der Waals surface area contributed by atoms with Crippen LogP contribution in [0.25, 0.3) is 0 Å². The van der Waals surface area contributed by atoms with Gasteiger partial charge in [0.05, 0.1) is 11.0 Å². The lowest BCUT2D eigenvalue weighted by Crippen LogP contribution is -2.52. The summed E-state index contributed by atoms with van der Waals surface area (Å²) in [6.45, 7) is 8.62. The molecule has 0 radical (unpaired) electrons. The number of halogens is 1. The van der Waals surface area contributed by atoms with Crippen LogP contribution in [0.3, 0.4) is 0 Å². The molecule has 1 aliphatic rings. The number of rotatable bonds is 13. The Hall–Kier alpha value is -3.63. The summed E-state index contributed by atoms with van der Waals surface area (Å²) in [5.41, 5.74) is 0.978. The lowest BCUT2D eigenvalue weighted by atomic mass is 9.78. The van der Waals surface area contributed by atoms with Gasteiger partial charge in [0.25, 0.3) is 0 Å². The normalized spacial score (nSPS) is 14.5. The number of likely N-dealkylation sites (tertiary alicyclic amines) is 1. The lowest BCUT2D eigenvalue weighted by molar-refractivity contribution is -0.216. The number of carbonyl (C=O) groups excluding carboxylic acids is 4. The third kappa shape index (κ3) is 10.5. The van der Waals surface area contributed by atoms with Crippen LogP contribution in [0.5, 0.6) is 0 Å². The van der Waals surface area contributed by atoms with Gasteiger partial charge in [-0.25, -0.2) is 9.86 Å². The Balaban J connectivity index is 1.61. The number of amides is 4. The highest BCUT2D eigenvalue weighted by atomic mass is 35.5. The Bertz CT molecular complexity index is 1240. The predicted octanol–water partition coefficient (Wildman–Crippen LogP) is 5.34. The Morgan fingerprint density at radius 1 is 1.07 bits per heavy atom. The number of hydrogen-bond donors (Lipinski definition) is 2. The van der Waals surface area contributed by atoms with E-state index in [0.717, 1.165) is 17.5 Å². The molecule has 43 heavy (non-hydrogen) atoms. The summed E-state index contributed by atoms with van der Waals surface area (Å²) in [5, 5.41) is 7.43. The lowest BCUT2D eigenvalue weighted by Gasteiger charge is -2.40. The van der Waals surface area contributed by atoms with E-state index < -0.39 is 17.1 Å². The molecule has 0 saturated carbocycles. The number of aryl methyl sites for hydroxylation is 1. The summed E-state index contributed by atoms with van der Waals surface area (Å²) in [6, 6.07) is 14.7. The van der Waals surface area contributed by atoms with Crippen molar-refractivity contribution in [3.05, 3.63) is 64.7 Å². The van der Waals surface area contributed by atoms with Gasteiger partial charge in [0.2, 0.25) is 18.2 Å². The van der Waals surface area contributed by atoms with Crippen LogP contribution < -0.4 is 10.6 Å². The average molecular weight is 615 g/mol. The van der Waals surface area contributed by atoms with Crippen molar-refractivity contribution in [2.75, 3.05) is 31.6 Å². The Morgan fingerprint density at radius 2 is 1.74 bits per heavy atom. The molecule has 2 N–H and O–H groups in total. The summed E-state index contributed by atoms with van der Waals surface area (Å²) >= 11 is 6.28. The molecule has 1 heterocycles. The van der Waals surface area contributed by atoms with E-state index in [2.05, 4.69) is 17.6 Å². The smallest absolute Gasteiger partial charge is 0.411 e. The minimum atomic E-state index is -1.02. The van der Waals surface area contributed by atoms with E-state index in [0.29, 0.717) is 56.0 Å². The van der Waals surface area contributed by atoms with Gasteiger partial charge in [-0.2, -0.15) is 0 Å². The summed E-state index contributed by atoms with van der Waals surface area (Å²) in [4.78, 5) is 57.8. The molecule has 0 bridgehead atoms. The van der Waals surface area contributed by atoms with Crippen LogP contribution in [0.1, 0.15) is 64.5 Å². The second-order valence-corrected chi connectivity index (χ2v) is 12.1. The predicted molar refractivity (Wildman–Crippen MR) is 165 cm³/mol. The minimum Gasteiger partial charge on any atom is -0.448 e. The van der Waals surface area contributed by atoms with Crippen molar-refractivity contribution in [3.8, 4) is 0 Å². The molecule has 234 valence electrons. The first kappa shape index (κ1) is 33.9. The fraction of sp³-hybridized carbons (Fsp3) is 0.500. The molecule has 1 aliphatic heterocycles. The van der Waals surface area contributed by atoms with E-state index in [1.165, 1.54) is 5.06 Å². The molecule has 0 aromatic heterocycles. The molecular formula is C32H43ClN4O6. The maximum absolute atomic E-state index is 13.6. The SMILES string of the molecule is CCc1ccc(NC(=O)OCC2(C(=O)NCc3ccccc3Cl)CCN(C(=O)CCCN(C=O)OC(C)(C)C)CC2)cc1. The van der Waals surface area contributed by atoms with Crippen molar-refractivity contribution in [3.63, 3.8) is 0 Å². The van der Waals surface area contributed by atoms with Crippen LogP contribution in [-0.2, 0) is 36.9 Å². The Labute approximate surface area is 259 Å². The van der Waals surface area contributed by atoms with Crippen molar-refractivity contribution >= 4 is 41.6 Å². The average Bonchev–Trinajstić information content (AvgIpc) is 2.99. The largest absolute Gasteiger partial charge is 0.448 e. The number of carbonyl (C=O) groups is 4. The van der Waals surface area contributed by atoms with Crippen LogP contribution in [-0.4, -0.2) is 66.1 Å². The molecule has 0 atom stereocenters. The number of hydrogen-bond acceptors (Lipinski definition) is 6. The van der Waals surface area contributed by atoms with Crippen molar-refractivity contribution in [2.24, 2.45) is 5.41 Å². The summed E-state index contributed by atoms with van der Waals surface area (Å²) < 4.78 is 5.59. The van der Waals surface area contributed by atoms with Gasteiger partial charge in [0, 0.05) is 43.3 Å². The summed E-state index contributed by atoms with van der Waals surface area (Å²) in [5.74, 6) is -0.332. The van der Waals surface area contributed by atoms with Gasteiger partial charge in [-0.15, -0.1) is 0 Å². The van der Waals surface area contributed by atoms with Crippen LogP contribution in [0.15, 0.2) is 48.5 Å². The number of benzene rings is 2. The first-order valence-corrected chi connectivity index (χ1v) is 15.1. The van der Waals surface area contributed by atoms with E-state index in [4.69, 9.17) is 21.2 Å². The van der Waals surface area contributed by atoms with Crippen LogP contribution >= 0.6 is 11.6 Å². The zero-order valence-electron chi connectivity index (χ0n) is 25.5. The highest BCUT2D eigenvalue weighted by Gasteiger charge is 2.43. The van der Waals surface area contributed by atoms with Gasteiger partial charge >= 0.3 is 6.09 Å². The van der Waals surface area contributed by atoms with E-state index in [1.807, 2.05) is 51.1 Å². The second kappa shape index (κ2) is 15.7. The molecule has 2 aromatic rings. The monoisotopic (exact) mass is 614 g/mol. The minimum absolute atomic E-state index is 0.0686. The zero-order chi connectivity index (χ0) is 31.5. The number of ether oxygens (including phenoxy) is 1. The molecule has 0 spiro atoms. The highest BCUT2D eigenvalue weighted by molar-refractivity contribution is 6.31. The van der Waals surface area contributed by atoms with Gasteiger partial charge in [-0.05, 0) is 75.8 Å². The summed E-state index contributed by atoms with van der Waals surface area (Å²) in [7, 11) is 0. The van der Waals surface area contributed by atoms with Crippen molar-refractivity contribution in [1.29, 1.82) is 0 Å². The fourth-order valence-corrected chi connectivity index (χ4v) is 5.03. The maximum atomic E-state index is 13.6. The molecule has 10 nitrogen and oxygen atoms in total. The molecule has 1 saturated heterocycles. The quantitative estimate of drug-likeness (QED) is 0.232. The number of piperidine rings is 1. The van der Waals surface area contributed by atoms with Gasteiger partial charge in [0.1, 0.15) is 6.61 Å². The number of nitrogens with one attached hydrogen (secondary N) is 2. The fourth-order valence-electron chi connectivity index (χ4n) is 4.82. The van der Waals surface area contributed by atoms with E-state index in [9.17, 15) is 19.2 Å². The Kier molecular flexibility index (Phi) is 12.4. The first-order valence-electron chi connectivity index (χ1n) is 14.7. The second-order valence-electron chi connectivity index (χ2n) is 11.7. The van der Waals surface area contributed by atoms with E-state index in [1.54, 1.807) is 23.1 Å². The summed E-state index contributed by atoms with van der Waals surface area (Å²) in [6.07, 6.45) is 2.16. The third-order valence-corrected chi connectivity index (χ3v) is 7.69. The molecule has 1 fully saturated rings. The number of hydroxylamine groups is 2. The van der Waals surface area contributed by atoms with E-state index >= 15 is 0 Å².